The number of rotatable bonds is 1. The van der Waals surface area contributed by atoms with E-state index in [1.54, 1.807) is 17.9 Å². The number of benzene rings is 1. The molecule has 2 bridgehead atoms. The van der Waals surface area contributed by atoms with E-state index in [2.05, 4.69) is 0 Å². The van der Waals surface area contributed by atoms with Gasteiger partial charge in [-0.15, -0.1) is 0 Å². The molecule has 26 heavy (non-hydrogen) atoms. The molecule has 1 saturated heterocycles. The van der Waals surface area contributed by atoms with Crippen molar-refractivity contribution in [1.82, 2.24) is 4.90 Å². The highest BCUT2D eigenvalue weighted by Gasteiger charge is 2.42. The monoisotopic (exact) mass is 367 g/mol. The minimum absolute atomic E-state index is 0.0234. The quantitative estimate of drug-likeness (QED) is 0.649. The molecule has 3 rings (SSSR count). The molecule has 2 aliphatic heterocycles. The van der Waals surface area contributed by atoms with Crippen molar-refractivity contribution >= 4 is 11.7 Å². The van der Waals surface area contributed by atoms with E-state index in [0.29, 0.717) is 17.5 Å². The van der Waals surface area contributed by atoms with Crippen LogP contribution in [0.1, 0.15) is 56.7 Å². The highest BCUT2D eigenvalue weighted by Crippen LogP contribution is 2.41. The van der Waals surface area contributed by atoms with Gasteiger partial charge in [0.05, 0.1) is 11.6 Å². The molecule has 2 atom stereocenters. The number of hydrogen-bond donors (Lipinski definition) is 0. The SMILES string of the molecule is Cc1cc(C2=CC3CCC(C2)N3C(=O)OC(C)(C)C)cc(C(F)(F)F)c1. The molecule has 3 nitrogen and oxygen atoms in total. The fourth-order valence-electron chi connectivity index (χ4n) is 3.78. The zero-order valence-corrected chi connectivity index (χ0v) is 15.5. The van der Waals surface area contributed by atoms with Crippen LogP contribution in [0.4, 0.5) is 18.0 Å². The topological polar surface area (TPSA) is 29.5 Å². The Kier molecular flexibility index (Phi) is 4.57. The Morgan fingerprint density at radius 3 is 2.42 bits per heavy atom. The Bertz CT molecular complexity index is 746. The summed E-state index contributed by atoms with van der Waals surface area (Å²) in [6.45, 7) is 7.14. The predicted octanol–water partition coefficient (Wildman–Crippen LogP) is 5.57. The number of alkyl halides is 3. The summed E-state index contributed by atoms with van der Waals surface area (Å²) in [5, 5.41) is 0. The van der Waals surface area contributed by atoms with Crippen molar-refractivity contribution in [3.05, 3.63) is 41.0 Å². The van der Waals surface area contributed by atoms with Crippen LogP contribution in [0.2, 0.25) is 0 Å². The van der Waals surface area contributed by atoms with Crippen LogP contribution >= 0.6 is 0 Å². The number of hydrogen-bond acceptors (Lipinski definition) is 2. The van der Waals surface area contributed by atoms with Crippen molar-refractivity contribution in [2.24, 2.45) is 0 Å². The van der Waals surface area contributed by atoms with E-state index in [0.717, 1.165) is 24.5 Å². The number of halogens is 3. The highest BCUT2D eigenvalue weighted by atomic mass is 19.4. The predicted molar refractivity (Wildman–Crippen MR) is 93.7 cm³/mol. The van der Waals surface area contributed by atoms with Crippen LogP contribution in [0, 0.1) is 6.92 Å². The summed E-state index contributed by atoms with van der Waals surface area (Å²) in [7, 11) is 0. The third-order valence-electron chi connectivity index (χ3n) is 4.78. The van der Waals surface area contributed by atoms with Crippen molar-refractivity contribution in [3.63, 3.8) is 0 Å². The molecule has 0 saturated carbocycles. The van der Waals surface area contributed by atoms with Gasteiger partial charge in [-0.25, -0.2) is 4.79 Å². The average Bonchev–Trinajstić information content (AvgIpc) is 2.74. The minimum atomic E-state index is -4.36. The van der Waals surface area contributed by atoms with Gasteiger partial charge in [0.2, 0.25) is 0 Å². The van der Waals surface area contributed by atoms with Gasteiger partial charge in [0, 0.05) is 6.04 Å². The molecule has 0 N–H and O–H groups in total. The summed E-state index contributed by atoms with van der Waals surface area (Å²) in [5.74, 6) is 0. The van der Waals surface area contributed by atoms with Gasteiger partial charge in [0.1, 0.15) is 5.60 Å². The van der Waals surface area contributed by atoms with E-state index >= 15 is 0 Å². The van der Waals surface area contributed by atoms with Gasteiger partial charge in [-0.05, 0) is 75.8 Å². The van der Waals surface area contributed by atoms with Gasteiger partial charge in [0.15, 0.2) is 0 Å². The van der Waals surface area contributed by atoms with E-state index in [9.17, 15) is 18.0 Å². The lowest BCUT2D eigenvalue weighted by Gasteiger charge is -2.35. The maximum atomic E-state index is 13.1. The van der Waals surface area contributed by atoms with Crippen LogP contribution in [0.15, 0.2) is 24.3 Å². The van der Waals surface area contributed by atoms with E-state index in [1.165, 1.54) is 6.07 Å². The molecule has 1 aromatic carbocycles. The van der Waals surface area contributed by atoms with E-state index in [-0.39, 0.29) is 18.2 Å². The van der Waals surface area contributed by atoms with Gasteiger partial charge in [0.25, 0.3) is 0 Å². The molecule has 0 radical (unpaired) electrons. The number of aryl methyl sites for hydroxylation is 1. The Morgan fingerprint density at radius 2 is 1.85 bits per heavy atom. The summed E-state index contributed by atoms with van der Waals surface area (Å²) in [6, 6.07) is 4.01. The Morgan fingerprint density at radius 1 is 1.15 bits per heavy atom. The van der Waals surface area contributed by atoms with Gasteiger partial charge >= 0.3 is 12.3 Å². The zero-order valence-electron chi connectivity index (χ0n) is 15.5. The maximum absolute atomic E-state index is 13.1. The van der Waals surface area contributed by atoms with Crippen LogP contribution < -0.4 is 0 Å². The van der Waals surface area contributed by atoms with Crippen LogP contribution in [0.25, 0.3) is 5.57 Å². The van der Waals surface area contributed by atoms with Gasteiger partial charge < -0.3 is 4.74 Å². The van der Waals surface area contributed by atoms with Gasteiger partial charge in [-0.2, -0.15) is 13.2 Å². The third-order valence-corrected chi connectivity index (χ3v) is 4.78. The van der Waals surface area contributed by atoms with E-state index < -0.39 is 17.3 Å². The lowest BCUT2D eigenvalue weighted by Crippen LogP contribution is -2.45. The molecule has 1 aromatic rings. The van der Waals surface area contributed by atoms with Crippen molar-refractivity contribution in [3.8, 4) is 0 Å². The fraction of sp³-hybridized carbons (Fsp3) is 0.550. The van der Waals surface area contributed by atoms with Gasteiger partial charge in [-0.3, -0.25) is 4.90 Å². The molecule has 2 aliphatic rings. The van der Waals surface area contributed by atoms with Crippen LogP contribution in [-0.4, -0.2) is 28.7 Å². The smallest absolute Gasteiger partial charge is 0.416 e. The highest BCUT2D eigenvalue weighted by molar-refractivity contribution is 5.75. The molecular weight excluding hydrogens is 343 g/mol. The van der Waals surface area contributed by atoms with Crippen LogP contribution in [-0.2, 0) is 10.9 Å². The first-order chi connectivity index (χ1) is 11.9. The molecule has 142 valence electrons. The number of amides is 1. The molecule has 1 fully saturated rings. The zero-order chi connectivity index (χ0) is 19.3. The van der Waals surface area contributed by atoms with Crippen molar-refractivity contribution in [1.29, 1.82) is 0 Å². The summed E-state index contributed by atoms with van der Waals surface area (Å²) in [5.41, 5.74) is 0.858. The number of carbonyl (C=O) groups is 1. The molecule has 6 heteroatoms. The first-order valence-electron chi connectivity index (χ1n) is 8.85. The lowest BCUT2D eigenvalue weighted by molar-refractivity contribution is -0.137. The molecule has 0 spiro atoms. The average molecular weight is 367 g/mol. The molecule has 2 unspecified atom stereocenters. The molecular formula is C20H24F3NO2. The largest absolute Gasteiger partial charge is 0.444 e. The normalized spacial score (nSPS) is 23.0. The van der Waals surface area contributed by atoms with Gasteiger partial charge in [-0.1, -0.05) is 12.1 Å². The van der Waals surface area contributed by atoms with E-state index in [4.69, 9.17) is 4.74 Å². The van der Waals surface area contributed by atoms with Crippen LogP contribution in [0.5, 0.6) is 0 Å². The van der Waals surface area contributed by atoms with E-state index in [1.807, 2.05) is 26.8 Å². The van der Waals surface area contributed by atoms with Crippen molar-refractivity contribution < 1.29 is 22.7 Å². The molecule has 2 heterocycles. The molecule has 1 amide bonds. The Hall–Kier alpha value is -1.98. The molecule has 0 aromatic heterocycles. The second-order valence-corrected chi connectivity index (χ2v) is 8.17. The van der Waals surface area contributed by atoms with Crippen molar-refractivity contribution in [2.45, 2.75) is 70.8 Å². The number of fused-ring (bicyclic) bond motifs is 2. The summed E-state index contributed by atoms with van der Waals surface area (Å²) < 4.78 is 44.8. The van der Waals surface area contributed by atoms with Crippen LogP contribution in [0.3, 0.4) is 0 Å². The summed E-state index contributed by atoms with van der Waals surface area (Å²) in [6.07, 6.45) is -0.579. The first-order valence-corrected chi connectivity index (χ1v) is 8.85. The Balaban J connectivity index is 1.88. The molecule has 0 aliphatic carbocycles. The lowest BCUT2D eigenvalue weighted by atomic mass is 9.92. The fourth-order valence-corrected chi connectivity index (χ4v) is 3.78. The maximum Gasteiger partial charge on any atom is 0.416 e. The number of carbonyl (C=O) groups excluding carboxylic acids is 1. The number of ether oxygens (including phenoxy) is 1. The second-order valence-electron chi connectivity index (χ2n) is 8.17. The second kappa shape index (κ2) is 6.32. The van der Waals surface area contributed by atoms with Crippen molar-refractivity contribution in [2.75, 3.05) is 0 Å². The Labute approximate surface area is 151 Å². The number of nitrogens with zero attached hydrogens (tertiary/aromatic N) is 1. The standard InChI is InChI=1S/C20H24F3NO2/c1-12-7-13(9-15(8-12)20(21,22)23)14-10-16-5-6-17(11-14)24(16)18(25)26-19(2,3)4/h7-10,16-17H,5-6,11H2,1-4H3. The third kappa shape index (κ3) is 3.89. The summed E-state index contributed by atoms with van der Waals surface area (Å²) >= 11 is 0. The first kappa shape index (κ1) is 18.8. The minimum Gasteiger partial charge on any atom is -0.444 e. The summed E-state index contributed by atoms with van der Waals surface area (Å²) in [4.78, 5) is 14.2.